The number of fused-ring (bicyclic) bond motifs is 7. The molecule has 5 nitrogen and oxygen atoms in total. The molecule has 20 heavy (non-hydrogen) atoms. The number of hydrogen-bond donors (Lipinski definition) is 0. The van der Waals surface area contributed by atoms with Gasteiger partial charge in [0.05, 0.1) is 28.5 Å². The molecule has 0 spiro atoms. The quantitative estimate of drug-likeness (QED) is 0.398. The van der Waals surface area contributed by atoms with Gasteiger partial charge in [-0.1, -0.05) is 0 Å². The van der Waals surface area contributed by atoms with Crippen molar-refractivity contribution in [2.24, 2.45) is 6.98 Å². The third-order valence-electron chi connectivity index (χ3n) is 3.91. The first-order valence-corrected chi connectivity index (χ1v) is 6.41. The van der Waals surface area contributed by atoms with Gasteiger partial charge >= 0.3 is 0 Å². The van der Waals surface area contributed by atoms with E-state index in [2.05, 4.69) is 9.97 Å². The van der Waals surface area contributed by atoms with Gasteiger partial charge in [0, 0.05) is 18.5 Å². The maximum atomic E-state index is 8.02. The van der Waals surface area contributed by atoms with E-state index >= 15 is 0 Å². The van der Waals surface area contributed by atoms with Crippen molar-refractivity contribution in [2.45, 2.75) is 6.54 Å². The summed E-state index contributed by atoms with van der Waals surface area (Å²) in [5.41, 5.74) is 3.99. The molecule has 4 aromatic heterocycles. The average molecular weight is 265 g/mol. The molecule has 1 aliphatic rings. The third kappa shape index (κ3) is 1.02. The lowest BCUT2D eigenvalue weighted by molar-refractivity contribution is -0.636. The summed E-state index contributed by atoms with van der Waals surface area (Å²) < 4.78 is 29.3. The lowest BCUT2D eigenvalue weighted by Gasteiger charge is -1.96. The number of nitrogens with zero attached hydrogens (tertiary/aromatic N) is 5. The second-order valence-electron chi connectivity index (χ2n) is 4.94. The van der Waals surface area contributed by atoms with Crippen molar-refractivity contribution in [1.29, 1.82) is 0 Å². The summed E-state index contributed by atoms with van der Waals surface area (Å²) >= 11 is 0. The molecule has 0 radical (unpaired) electrons. The van der Waals surface area contributed by atoms with Gasteiger partial charge in [-0.25, -0.2) is 18.5 Å². The van der Waals surface area contributed by atoms with Crippen molar-refractivity contribution in [3.63, 3.8) is 0 Å². The first-order chi connectivity index (χ1) is 11.1. The predicted octanol–water partition coefficient (Wildman–Crippen LogP) is 1.54. The Morgan fingerprint density at radius 2 is 2.25 bits per heavy atom. The number of rotatable bonds is 0. The van der Waals surface area contributed by atoms with Crippen LogP contribution in [0.1, 0.15) is 9.81 Å². The van der Waals surface area contributed by atoms with Crippen molar-refractivity contribution < 1.29 is 8.68 Å². The first-order valence-electron chi connectivity index (χ1n) is 7.91. The predicted molar refractivity (Wildman–Crippen MR) is 74.2 cm³/mol. The van der Waals surface area contributed by atoms with Crippen LogP contribution in [0, 0.1) is 0 Å². The summed E-state index contributed by atoms with van der Waals surface area (Å²) in [6.07, 6.45) is 5.28. The zero-order valence-corrected chi connectivity index (χ0v) is 10.5. The van der Waals surface area contributed by atoms with Gasteiger partial charge in [0.15, 0.2) is 11.2 Å². The van der Waals surface area contributed by atoms with E-state index < -0.39 is 6.98 Å². The van der Waals surface area contributed by atoms with Gasteiger partial charge in [0.2, 0.25) is 5.82 Å². The summed E-state index contributed by atoms with van der Waals surface area (Å²) in [7, 11) is 0. The van der Waals surface area contributed by atoms with E-state index in [4.69, 9.17) is 4.11 Å². The number of aromatic nitrogens is 5. The van der Waals surface area contributed by atoms with Crippen LogP contribution in [0.25, 0.3) is 28.2 Å². The molecule has 5 rings (SSSR count). The molecular weight excluding hydrogens is 250 g/mol. The van der Waals surface area contributed by atoms with E-state index in [0.717, 1.165) is 22.4 Å². The Labute approximate surface area is 119 Å². The minimum absolute atomic E-state index is 0.571. The largest absolute Gasteiger partial charge is 0.274 e. The van der Waals surface area contributed by atoms with Crippen LogP contribution in [0.2, 0.25) is 0 Å². The van der Waals surface area contributed by atoms with Crippen molar-refractivity contribution in [3.05, 3.63) is 48.5 Å². The van der Waals surface area contributed by atoms with Crippen molar-refractivity contribution in [3.8, 4) is 11.4 Å². The van der Waals surface area contributed by atoms with Crippen LogP contribution in [0.15, 0.2) is 42.9 Å². The molecule has 0 aliphatic carbocycles. The maximum Gasteiger partial charge on any atom is 0.274 e. The number of pyridine rings is 1. The second kappa shape index (κ2) is 3.25. The highest BCUT2D eigenvalue weighted by Crippen LogP contribution is 2.32. The molecular formula is C15H12N5+. The molecule has 1 aliphatic heterocycles. The lowest BCUT2D eigenvalue weighted by atomic mass is 10.2. The Morgan fingerprint density at radius 1 is 1.30 bits per heavy atom. The fourth-order valence-corrected chi connectivity index (χ4v) is 3.08. The monoisotopic (exact) mass is 265 g/mol. The molecule has 0 fully saturated rings. The highest BCUT2D eigenvalue weighted by atomic mass is 15.2. The fraction of sp³-hybridized carbons (Fsp3) is 0.133. The second-order valence-corrected chi connectivity index (χ2v) is 4.94. The average Bonchev–Trinajstić information content (AvgIpc) is 3.13. The molecule has 0 bridgehead atoms. The lowest BCUT2D eigenvalue weighted by Crippen LogP contribution is -2.30. The molecule has 0 N–H and O–H groups in total. The number of imidazole rings is 1. The van der Waals surface area contributed by atoms with Crippen LogP contribution in [0.4, 0.5) is 0 Å². The van der Waals surface area contributed by atoms with Crippen LogP contribution in [0.5, 0.6) is 0 Å². The number of aryl methyl sites for hydroxylation is 1. The molecule has 5 heterocycles. The molecule has 0 amide bonds. The molecule has 0 aromatic carbocycles. The SMILES string of the molecule is [2H]C([2H])([2H])[n+]1c2n(c3cc4ncccn4c31)Cc1ncccc1-2. The van der Waals surface area contributed by atoms with E-state index in [9.17, 15) is 0 Å². The van der Waals surface area contributed by atoms with Gasteiger partial charge in [-0.15, -0.1) is 0 Å². The fourth-order valence-electron chi connectivity index (χ4n) is 3.08. The zero-order valence-electron chi connectivity index (χ0n) is 13.5. The molecule has 0 saturated carbocycles. The molecule has 0 saturated heterocycles. The van der Waals surface area contributed by atoms with Crippen molar-refractivity contribution >= 4 is 16.8 Å². The van der Waals surface area contributed by atoms with E-state index in [-0.39, 0.29) is 0 Å². The summed E-state index contributed by atoms with van der Waals surface area (Å²) in [6.45, 7) is -1.72. The highest BCUT2D eigenvalue weighted by Gasteiger charge is 2.33. The van der Waals surface area contributed by atoms with Gasteiger partial charge in [-0.3, -0.25) is 4.98 Å². The van der Waals surface area contributed by atoms with E-state index in [1.807, 2.05) is 33.4 Å². The highest BCUT2D eigenvalue weighted by molar-refractivity contribution is 5.82. The zero-order chi connectivity index (χ0) is 15.8. The summed E-state index contributed by atoms with van der Waals surface area (Å²) in [5, 5.41) is 0. The Bertz CT molecular complexity index is 1090. The van der Waals surface area contributed by atoms with E-state index in [1.54, 1.807) is 18.5 Å². The Morgan fingerprint density at radius 3 is 3.20 bits per heavy atom. The summed E-state index contributed by atoms with van der Waals surface area (Å²) in [6, 6.07) is 7.48. The van der Waals surface area contributed by atoms with Gasteiger partial charge < -0.3 is 0 Å². The van der Waals surface area contributed by atoms with Crippen LogP contribution in [-0.2, 0) is 13.5 Å². The van der Waals surface area contributed by atoms with Gasteiger partial charge in [-0.05, 0) is 18.2 Å². The van der Waals surface area contributed by atoms with Gasteiger partial charge in [0.1, 0.15) is 6.54 Å². The Kier molecular flexibility index (Phi) is 1.27. The topological polar surface area (TPSA) is 39.0 Å². The van der Waals surface area contributed by atoms with Gasteiger partial charge in [-0.2, -0.15) is 0 Å². The van der Waals surface area contributed by atoms with Crippen LogP contribution >= 0.6 is 0 Å². The van der Waals surface area contributed by atoms with Crippen LogP contribution < -0.4 is 4.57 Å². The summed E-state index contributed by atoms with van der Waals surface area (Å²) in [5.74, 6) is 0.677. The van der Waals surface area contributed by atoms with Crippen molar-refractivity contribution in [2.75, 3.05) is 0 Å². The van der Waals surface area contributed by atoms with E-state index in [1.165, 1.54) is 4.57 Å². The summed E-state index contributed by atoms with van der Waals surface area (Å²) in [4.78, 5) is 8.72. The van der Waals surface area contributed by atoms with Crippen LogP contribution in [-0.4, -0.2) is 18.9 Å². The minimum atomic E-state index is -2.29. The third-order valence-corrected chi connectivity index (χ3v) is 3.91. The van der Waals surface area contributed by atoms with E-state index in [0.29, 0.717) is 18.0 Å². The molecule has 0 atom stereocenters. The Balaban J connectivity index is 2.01. The van der Waals surface area contributed by atoms with Crippen molar-refractivity contribution in [1.82, 2.24) is 18.9 Å². The minimum Gasteiger partial charge on any atom is -0.257 e. The molecule has 5 heteroatoms. The Hall–Kier alpha value is -2.69. The first kappa shape index (κ1) is 7.79. The molecule has 0 unspecified atom stereocenters. The van der Waals surface area contributed by atoms with Gasteiger partial charge in [0.25, 0.3) is 5.65 Å². The molecule has 96 valence electrons. The smallest absolute Gasteiger partial charge is 0.257 e. The normalized spacial score (nSPS) is 15.9. The standard InChI is InChI=1S/C15H12N5/c1-18-14-10-4-2-5-16-11(10)9-20(14)12-8-13-17-6-3-7-19(13)15(12)18/h2-8H,9H2,1H3/q+1/i1D3. The number of hydrogen-bond acceptors (Lipinski definition) is 2. The van der Waals surface area contributed by atoms with Crippen LogP contribution in [0.3, 0.4) is 0 Å². The molecule has 4 aromatic rings. The maximum absolute atomic E-state index is 8.02.